The predicted molar refractivity (Wildman–Crippen MR) is 121 cm³/mol. The zero-order valence-corrected chi connectivity index (χ0v) is 18.2. The molecule has 31 heavy (non-hydrogen) atoms. The molecule has 166 valence electrons. The standard InChI is InChI=1S/C22H28ClN5O3/c23-20-19(24-13-16-5-4-12-31-15-16)14-25-28(21(20)29)18-8-10-27(11-9-18)22(30)26-17-6-2-1-3-7-17/h1-3,6-7,14,16,18,24H,4-5,8-13,15H2,(H,26,30)/t16-/m1/s1. The van der Waals surface area contributed by atoms with Crippen molar-refractivity contribution in [3.63, 3.8) is 0 Å². The third kappa shape index (κ3) is 5.37. The number of rotatable bonds is 5. The molecule has 2 aliphatic heterocycles. The van der Waals surface area contributed by atoms with Crippen LogP contribution in [-0.4, -0.2) is 53.6 Å². The number of para-hydroxylation sites is 1. The lowest BCUT2D eigenvalue weighted by Gasteiger charge is -2.32. The average molecular weight is 446 g/mol. The van der Waals surface area contributed by atoms with Gasteiger partial charge in [-0.25, -0.2) is 9.48 Å². The zero-order chi connectivity index (χ0) is 21.6. The number of nitrogens with zero attached hydrogens (tertiary/aromatic N) is 3. The predicted octanol–water partition coefficient (Wildman–Crippen LogP) is 3.60. The summed E-state index contributed by atoms with van der Waals surface area (Å²) in [6.45, 7) is 3.36. The Hall–Kier alpha value is -2.58. The lowest BCUT2D eigenvalue weighted by atomic mass is 10.0. The van der Waals surface area contributed by atoms with Crippen molar-refractivity contribution in [2.24, 2.45) is 5.92 Å². The minimum atomic E-state index is -0.293. The highest BCUT2D eigenvalue weighted by Gasteiger charge is 2.26. The van der Waals surface area contributed by atoms with Crippen LogP contribution >= 0.6 is 11.6 Å². The Balaban J connectivity index is 1.33. The molecule has 2 saturated heterocycles. The molecule has 1 aromatic carbocycles. The van der Waals surface area contributed by atoms with Gasteiger partial charge in [0, 0.05) is 31.9 Å². The number of hydrogen-bond acceptors (Lipinski definition) is 5. The molecule has 2 aromatic rings. The fourth-order valence-corrected chi connectivity index (χ4v) is 4.29. The highest BCUT2D eigenvalue weighted by molar-refractivity contribution is 6.32. The van der Waals surface area contributed by atoms with E-state index in [4.69, 9.17) is 16.3 Å². The summed E-state index contributed by atoms with van der Waals surface area (Å²) >= 11 is 6.36. The van der Waals surface area contributed by atoms with Gasteiger partial charge in [-0.15, -0.1) is 0 Å². The van der Waals surface area contributed by atoms with E-state index in [-0.39, 0.29) is 22.7 Å². The zero-order valence-electron chi connectivity index (χ0n) is 17.4. The summed E-state index contributed by atoms with van der Waals surface area (Å²) in [4.78, 5) is 27.0. The van der Waals surface area contributed by atoms with E-state index in [1.54, 1.807) is 11.1 Å². The number of halogens is 1. The van der Waals surface area contributed by atoms with E-state index in [0.717, 1.165) is 31.7 Å². The van der Waals surface area contributed by atoms with Crippen LogP contribution in [0.25, 0.3) is 0 Å². The van der Waals surface area contributed by atoms with E-state index >= 15 is 0 Å². The molecular formula is C22H28ClN5O3. The first-order valence-electron chi connectivity index (χ1n) is 10.8. The van der Waals surface area contributed by atoms with Crippen LogP contribution in [0.4, 0.5) is 16.2 Å². The summed E-state index contributed by atoms with van der Waals surface area (Å²) in [6, 6.07) is 9.17. The highest BCUT2D eigenvalue weighted by atomic mass is 35.5. The number of carbonyl (C=O) groups excluding carboxylic acids is 1. The summed E-state index contributed by atoms with van der Waals surface area (Å²) in [6.07, 6.45) is 5.09. The number of piperidine rings is 1. The number of urea groups is 1. The van der Waals surface area contributed by atoms with Gasteiger partial charge in [-0.2, -0.15) is 5.10 Å². The minimum absolute atomic E-state index is 0.0773. The van der Waals surface area contributed by atoms with Crippen molar-refractivity contribution in [1.29, 1.82) is 0 Å². The maximum Gasteiger partial charge on any atom is 0.321 e. The van der Waals surface area contributed by atoms with Crippen LogP contribution in [0.3, 0.4) is 0 Å². The molecule has 8 nitrogen and oxygen atoms in total. The number of anilines is 2. The van der Waals surface area contributed by atoms with Gasteiger partial charge in [0.1, 0.15) is 5.02 Å². The van der Waals surface area contributed by atoms with E-state index < -0.39 is 0 Å². The quantitative estimate of drug-likeness (QED) is 0.734. The first-order valence-corrected chi connectivity index (χ1v) is 11.2. The number of aromatic nitrogens is 2. The third-order valence-corrected chi connectivity index (χ3v) is 6.27. The van der Waals surface area contributed by atoms with Gasteiger partial charge in [0.25, 0.3) is 5.56 Å². The molecule has 0 aliphatic carbocycles. The van der Waals surface area contributed by atoms with Crippen LogP contribution in [0.15, 0.2) is 41.3 Å². The molecule has 2 fully saturated rings. The maximum absolute atomic E-state index is 12.8. The molecule has 4 rings (SSSR count). The van der Waals surface area contributed by atoms with Crippen LogP contribution in [0, 0.1) is 5.92 Å². The molecule has 0 bridgehead atoms. The van der Waals surface area contributed by atoms with Crippen LogP contribution in [0.1, 0.15) is 31.7 Å². The molecule has 0 saturated carbocycles. The summed E-state index contributed by atoms with van der Waals surface area (Å²) < 4.78 is 6.96. The summed E-state index contributed by atoms with van der Waals surface area (Å²) in [5.74, 6) is 0.415. The fourth-order valence-electron chi connectivity index (χ4n) is 4.09. The van der Waals surface area contributed by atoms with Crippen molar-refractivity contribution in [3.05, 3.63) is 51.9 Å². The Morgan fingerprint density at radius 3 is 2.68 bits per heavy atom. The number of amides is 2. The van der Waals surface area contributed by atoms with Crippen LogP contribution in [0.2, 0.25) is 5.02 Å². The van der Waals surface area contributed by atoms with E-state index in [2.05, 4.69) is 15.7 Å². The Morgan fingerprint density at radius 1 is 1.19 bits per heavy atom. The second-order valence-corrected chi connectivity index (χ2v) is 8.48. The van der Waals surface area contributed by atoms with Crippen molar-refractivity contribution in [3.8, 4) is 0 Å². The Morgan fingerprint density at radius 2 is 1.97 bits per heavy atom. The molecule has 9 heteroatoms. The lowest BCUT2D eigenvalue weighted by molar-refractivity contribution is 0.0595. The number of ether oxygens (including phenoxy) is 1. The maximum atomic E-state index is 12.8. The summed E-state index contributed by atoms with van der Waals surface area (Å²) in [5, 5.41) is 10.7. The number of nitrogens with one attached hydrogen (secondary N) is 2. The van der Waals surface area contributed by atoms with E-state index in [0.29, 0.717) is 44.1 Å². The third-order valence-electron chi connectivity index (χ3n) is 5.90. The SMILES string of the molecule is O=C(Nc1ccccc1)N1CCC(n2ncc(NC[C@H]3CCCOC3)c(Cl)c2=O)CC1. The molecule has 2 amide bonds. The molecule has 0 radical (unpaired) electrons. The van der Waals surface area contributed by atoms with Gasteiger partial charge in [-0.3, -0.25) is 4.79 Å². The summed E-state index contributed by atoms with van der Waals surface area (Å²) in [5.41, 5.74) is 1.04. The lowest BCUT2D eigenvalue weighted by Crippen LogP contribution is -2.43. The number of carbonyl (C=O) groups is 1. The molecule has 2 aliphatic rings. The Labute approximate surface area is 186 Å². The van der Waals surface area contributed by atoms with Gasteiger partial charge in [0.15, 0.2) is 0 Å². The molecule has 2 N–H and O–H groups in total. The number of benzene rings is 1. The van der Waals surface area contributed by atoms with Crippen LogP contribution in [-0.2, 0) is 4.74 Å². The summed E-state index contributed by atoms with van der Waals surface area (Å²) in [7, 11) is 0. The molecule has 1 aromatic heterocycles. The monoisotopic (exact) mass is 445 g/mol. The van der Waals surface area contributed by atoms with Crippen molar-refractivity contribution >= 4 is 29.0 Å². The van der Waals surface area contributed by atoms with Crippen LogP contribution < -0.4 is 16.2 Å². The van der Waals surface area contributed by atoms with Crippen molar-refractivity contribution in [2.75, 3.05) is 43.5 Å². The normalized spacial score (nSPS) is 19.8. The molecular weight excluding hydrogens is 418 g/mol. The van der Waals surface area contributed by atoms with Crippen LogP contribution in [0.5, 0.6) is 0 Å². The average Bonchev–Trinajstić information content (AvgIpc) is 2.81. The second-order valence-electron chi connectivity index (χ2n) is 8.10. The fraction of sp³-hybridized carbons (Fsp3) is 0.500. The van der Waals surface area contributed by atoms with E-state index in [9.17, 15) is 9.59 Å². The van der Waals surface area contributed by atoms with Crippen molar-refractivity contribution in [2.45, 2.75) is 31.7 Å². The minimum Gasteiger partial charge on any atom is -0.382 e. The first-order chi connectivity index (χ1) is 15.1. The van der Waals surface area contributed by atoms with Gasteiger partial charge in [-0.1, -0.05) is 29.8 Å². The van der Waals surface area contributed by atoms with Gasteiger partial charge in [-0.05, 0) is 43.7 Å². The molecule has 0 spiro atoms. The molecule has 1 atom stereocenters. The molecule has 0 unspecified atom stereocenters. The van der Waals surface area contributed by atoms with Gasteiger partial charge >= 0.3 is 6.03 Å². The topological polar surface area (TPSA) is 88.5 Å². The number of hydrogen-bond donors (Lipinski definition) is 2. The Bertz CT molecular complexity index is 938. The van der Waals surface area contributed by atoms with Crippen molar-refractivity contribution < 1.29 is 9.53 Å². The Kier molecular flexibility index (Phi) is 7.09. The van der Waals surface area contributed by atoms with Crippen molar-refractivity contribution in [1.82, 2.24) is 14.7 Å². The molecule has 3 heterocycles. The number of likely N-dealkylation sites (tertiary alicyclic amines) is 1. The van der Waals surface area contributed by atoms with E-state index in [1.165, 1.54) is 4.68 Å². The van der Waals surface area contributed by atoms with E-state index in [1.807, 2.05) is 30.3 Å². The van der Waals surface area contributed by atoms with Gasteiger partial charge in [0.05, 0.1) is 24.5 Å². The first kappa shape index (κ1) is 21.6. The van der Waals surface area contributed by atoms with Gasteiger partial charge < -0.3 is 20.3 Å². The smallest absolute Gasteiger partial charge is 0.321 e. The van der Waals surface area contributed by atoms with Gasteiger partial charge in [0.2, 0.25) is 0 Å². The second kappa shape index (κ2) is 10.2. The largest absolute Gasteiger partial charge is 0.382 e. The highest BCUT2D eigenvalue weighted by Crippen LogP contribution is 2.24.